The van der Waals surface area contributed by atoms with Gasteiger partial charge in [-0.2, -0.15) is 0 Å². The molecule has 0 fully saturated rings. The summed E-state index contributed by atoms with van der Waals surface area (Å²) in [4.78, 5) is 0. The van der Waals surface area contributed by atoms with Crippen molar-refractivity contribution >= 4 is 0 Å². The molecular weight excluding hydrogens is 508 g/mol. The first-order valence-corrected chi connectivity index (χ1v) is 13.2. The summed E-state index contributed by atoms with van der Waals surface area (Å²) in [6, 6.07) is 12.1. The van der Waals surface area contributed by atoms with Crippen molar-refractivity contribution in [3.63, 3.8) is 0 Å². The summed E-state index contributed by atoms with van der Waals surface area (Å²) in [5, 5.41) is 8.60. The third kappa shape index (κ3) is 13.8. The summed E-state index contributed by atoms with van der Waals surface area (Å²) in [7, 11) is 4.88. The number of aliphatic hydroxyl groups is 1. The van der Waals surface area contributed by atoms with Gasteiger partial charge in [-0.3, -0.25) is 0 Å². The Hall–Kier alpha value is -2.60. The average Bonchev–Trinajstić information content (AvgIpc) is 2.97. The molecule has 0 unspecified atom stereocenters. The molecule has 0 saturated heterocycles. The highest BCUT2D eigenvalue weighted by atomic mass is 16.6. The van der Waals surface area contributed by atoms with Crippen LogP contribution in [0, 0.1) is 0 Å². The molecule has 0 aliphatic rings. The molecule has 0 aliphatic heterocycles. The van der Waals surface area contributed by atoms with E-state index in [-0.39, 0.29) is 6.61 Å². The second-order valence-corrected chi connectivity index (χ2v) is 8.31. The molecule has 0 aromatic heterocycles. The Balaban J connectivity index is 1.59. The van der Waals surface area contributed by atoms with Crippen molar-refractivity contribution in [1.82, 2.24) is 0 Å². The van der Waals surface area contributed by atoms with Gasteiger partial charge in [0.1, 0.15) is 12.4 Å². The van der Waals surface area contributed by atoms with E-state index in [4.69, 9.17) is 47.7 Å². The van der Waals surface area contributed by atoms with Crippen LogP contribution < -0.4 is 18.9 Å². The summed E-state index contributed by atoms with van der Waals surface area (Å²) in [6.07, 6.45) is 1.70. The minimum absolute atomic E-state index is 0.0223. The summed E-state index contributed by atoms with van der Waals surface area (Å²) in [5.74, 6) is 2.67. The van der Waals surface area contributed by atoms with Crippen molar-refractivity contribution in [1.29, 1.82) is 0 Å². The number of aryl methyl sites for hydroxylation is 2. The quantitative estimate of drug-likeness (QED) is 0.196. The zero-order valence-corrected chi connectivity index (χ0v) is 23.5. The van der Waals surface area contributed by atoms with E-state index in [1.165, 1.54) is 5.56 Å². The fourth-order valence-corrected chi connectivity index (χ4v) is 3.57. The number of hydrogen-bond donors (Lipinski definition) is 1. The van der Waals surface area contributed by atoms with Gasteiger partial charge in [0.2, 0.25) is 5.75 Å². The van der Waals surface area contributed by atoms with Crippen LogP contribution in [0.2, 0.25) is 0 Å². The molecule has 0 spiro atoms. The molecule has 2 rings (SSSR count). The molecule has 2 aromatic rings. The van der Waals surface area contributed by atoms with Crippen LogP contribution in [-0.4, -0.2) is 106 Å². The van der Waals surface area contributed by atoms with Gasteiger partial charge in [0, 0.05) is 0 Å². The lowest BCUT2D eigenvalue weighted by Gasteiger charge is -2.16. The van der Waals surface area contributed by atoms with Crippen LogP contribution in [0.5, 0.6) is 23.0 Å². The molecule has 0 atom stereocenters. The number of methoxy groups -OCH3 is 3. The van der Waals surface area contributed by atoms with Crippen molar-refractivity contribution in [2.45, 2.75) is 12.8 Å². The smallest absolute Gasteiger partial charge is 0.203 e. The van der Waals surface area contributed by atoms with Crippen LogP contribution in [0.3, 0.4) is 0 Å². The molecule has 0 saturated carbocycles. The van der Waals surface area contributed by atoms with Gasteiger partial charge < -0.3 is 47.7 Å². The zero-order chi connectivity index (χ0) is 28.0. The van der Waals surface area contributed by atoms with Gasteiger partial charge >= 0.3 is 0 Å². The van der Waals surface area contributed by atoms with Crippen molar-refractivity contribution in [3.8, 4) is 23.0 Å². The van der Waals surface area contributed by atoms with Crippen molar-refractivity contribution in [2.24, 2.45) is 0 Å². The average molecular weight is 553 g/mol. The molecule has 1 N–H and O–H groups in total. The van der Waals surface area contributed by atoms with Gasteiger partial charge in [-0.15, -0.1) is 0 Å². The van der Waals surface area contributed by atoms with Gasteiger partial charge in [-0.05, 0) is 48.2 Å². The van der Waals surface area contributed by atoms with Gasteiger partial charge in [0.25, 0.3) is 0 Å². The van der Waals surface area contributed by atoms with Crippen LogP contribution >= 0.6 is 0 Å². The van der Waals surface area contributed by atoms with Crippen LogP contribution in [0.1, 0.15) is 11.1 Å². The number of benzene rings is 2. The van der Waals surface area contributed by atoms with Crippen molar-refractivity contribution in [2.75, 3.05) is 101 Å². The van der Waals surface area contributed by atoms with E-state index < -0.39 is 0 Å². The molecular formula is C29H44O10. The van der Waals surface area contributed by atoms with E-state index in [0.29, 0.717) is 89.9 Å². The largest absolute Gasteiger partial charge is 0.497 e. The van der Waals surface area contributed by atoms with E-state index >= 15 is 0 Å². The highest BCUT2D eigenvalue weighted by Crippen LogP contribution is 2.38. The molecule has 220 valence electrons. The first kappa shape index (κ1) is 32.6. The Morgan fingerprint density at radius 3 is 1.49 bits per heavy atom. The van der Waals surface area contributed by atoms with E-state index in [0.717, 1.165) is 24.2 Å². The Morgan fingerprint density at radius 1 is 0.513 bits per heavy atom. The number of aliphatic hydroxyl groups excluding tert-OH is 1. The predicted octanol–water partition coefficient (Wildman–Crippen LogP) is 2.95. The molecule has 39 heavy (non-hydrogen) atoms. The predicted molar refractivity (Wildman–Crippen MR) is 147 cm³/mol. The fraction of sp³-hybridized carbons (Fsp3) is 0.586. The third-order valence-corrected chi connectivity index (χ3v) is 5.57. The summed E-state index contributed by atoms with van der Waals surface area (Å²) in [5.41, 5.74) is 2.31. The Kier molecular flexibility index (Phi) is 17.8. The molecule has 2 aromatic carbocycles. The number of rotatable bonds is 24. The second kappa shape index (κ2) is 21.2. The normalized spacial score (nSPS) is 11.0. The Labute approximate surface area is 232 Å². The molecule has 0 amide bonds. The first-order chi connectivity index (χ1) is 19.2. The lowest BCUT2D eigenvalue weighted by molar-refractivity contribution is -0.0147. The lowest BCUT2D eigenvalue weighted by Crippen LogP contribution is -2.14. The molecule has 0 bridgehead atoms. The van der Waals surface area contributed by atoms with Gasteiger partial charge in [-0.1, -0.05) is 12.1 Å². The number of ether oxygens (including phenoxy) is 9. The summed E-state index contributed by atoms with van der Waals surface area (Å²) >= 11 is 0. The maximum atomic E-state index is 8.60. The van der Waals surface area contributed by atoms with E-state index in [1.807, 2.05) is 24.3 Å². The van der Waals surface area contributed by atoms with Gasteiger partial charge in [0.05, 0.1) is 94.0 Å². The Bertz CT molecular complexity index is 875. The second-order valence-electron chi connectivity index (χ2n) is 8.31. The topological polar surface area (TPSA) is 103 Å². The molecule has 0 radical (unpaired) electrons. The van der Waals surface area contributed by atoms with E-state index in [1.54, 1.807) is 21.3 Å². The zero-order valence-electron chi connectivity index (χ0n) is 23.5. The van der Waals surface area contributed by atoms with Crippen LogP contribution in [-0.2, 0) is 36.5 Å². The third-order valence-electron chi connectivity index (χ3n) is 5.57. The first-order valence-electron chi connectivity index (χ1n) is 13.2. The van der Waals surface area contributed by atoms with Crippen LogP contribution in [0.25, 0.3) is 0 Å². The highest BCUT2D eigenvalue weighted by molar-refractivity contribution is 5.54. The molecule has 10 heteroatoms. The van der Waals surface area contributed by atoms with Crippen LogP contribution in [0.4, 0.5) is 0 Å². The molecule has 10 nitrogen and oxygen atoms in total. The molecule has 0 heterocycles. The van der Waals surface area contributed by atoms with Crippen LogP contribution in [0.15, 0.2) is 36.4 Å². The SMILES string of the molecule is COc1ccc(CCc2cc(OC)c(OC)c(OCCOCCOCCOCCOCCOCCO)c2)cc1. The number of hydrogen-bond acceptors (Lipinski definition) is 10. The fourth-order valence-electron chi connectivity index (χ4n) is 3.57. The standard InChI is InChI=1S/C29H44O10/c1-31-26-8-6-24(7-9-26)4-5-25-22-27(32-2)29(33-3)28(23-25)39-21-20-38-19-18-37-17-16-36-15-14-35-13-12-34-11-10-30/h6-9,22-23,30H,4-5,10-21H2,1-3H3. The summed E-state index contributed by atoms with van der Waals surface area (Å²) in [6.45, 7) is 4.99. The maximum Gasteiger partial charge on any atom is 0.203 e. The summed E-state index contributed by atoms with van der Waals surface area (Å²) < 4.78 is 49.3. The van der Waals surface area contributed by atoms with Crippen molar-refractivity contribution in [3.05, 3.63) is 47.5 Å². The lowest BCUT2D eigenvalue weighted by atomic mass is 10.0. The van der Waals surface area contributed by atoms with E-state index in [2.05, 4.69) is 12.1 Å². The Morgan fingerprint density at radius 2 is 1.00 bits per heavy atom. The minimum Gasteiger partial charge on any atom is -0.497 e. The maximum absolute atomic E-state index is 8.60. The minimum atomic E-state index is 0.0223. The van der Waals surface area contributed by atoms with Crippen molar-refractivity contribution < 1.29 is 47.7 Å². The van der Waals surface area contributed by atoms with E-state index in [9.17, 15) is 0 Å². The van der Waals surface area contributed by atoms with Gasteiger partial charge in [0.15, 0.2) is 11.5 Å². The monoisotopic (exact) mass is 552 g/mol. The highest BCUT2D eigenvalue weighted by Gasteiger charge is 2.14. The molecule has 0 aliphatic carbocycles. The van der Waals surface area contributed by atoms with Gasteiger partial charge in [-0.25, -0.2) is 0 Å².